The Morgan fingerprint density at radius 2 is 1.44 bits per heavy atom. The predicted octanol–water partition coefficient (Wildman–Crippen LogP) is 3.02. The lowest BCUT2D eigenvalue weighted by Gasteiger charge is -2.24. The number of halogens is 1. The third-order valence-electron chi connectivity index (χ3n) is 3.78. The van der Waals surface area contributed by atoms with Gasteiger partial charge in [-0.05, 0) is 11.1 Å². The van der Waals surface area contributed by atoms with Gasteiger partial charge < -0.3 is 4.74 Å². The molecule has 0 saturated heterocycles. The van der Waals surface area contributed by atoms with Gasteiger partial charge in [-0.1, -0.05) is 60.7 Å². The lowest BCUT2D eigenvalue weighted by atomic mass is 10.1. The molecule has 0 spiro atoms. The maximum Gasteiger partial charge on any atom is 0.264 e. The summed E-state index contributed by atoms with van der Waals surface area (Å²) in [4.78, 5) is 2.03. The molecule has 0 aromatic heterocycles. The first kappa shape index (κ1) is 21.5. The number of alkyl halides is 1. The summed E-state index contributed by atoms with van der Waals surface area (Å²) in [5, 5.41) is 0. The Hall–Kier alpha value is -1.80. The minimum absolute atomic E-state index is 0.0326. The summed E-state index contributed by atoms with van der Waals surface area (Å²) in [6, 6.07) is 19.8. The van der Waals surface area contributed by atoms with Gasteiger partial charge in [-0.3, -0.25) is 9.08 Å². The second-order valence-corrected chi connectivity index (χ2v) is 7.98. The molecule has 1 atom stereocenters. The molecule has 0 aliphatic rings. The highest BCUT2D eigenvalue weighted by atomic mass is 32.2. The topological polar surface area (TPSA) is 55.8 Å². The Kier molecular flexibility index (Phi) is 8.87. The monoisotopic (exact) mass is 395 g/mol. The second kappa shape index (κ2) is 11.1. The van der Waals surface area contributed by atoms with Gasteiger partial charge >= 0.3 is 0 Å². The van der Waals surface area contributed by atoms with Crippen LogP contribution in [0.1, 0.15) is 11.1 Å². The summed E-state index contributed by atoms with van der Waals surface area (Å²) >= 11 is 0. The van der Waals surface area contributed by atoms with E-state index in [9.17, 15) is 12.8 Å². The van der Waals surface area contributed by atoms with Crippen molar-refractivity contribution in [3.63, 3.8) is 0 Å². The van der Waals surface area contributed by atoms with Gasteiger partial charge in [-0.2, -0.15) is 8.42 Å². The average Bonchev–Trinajstić information content (AvgIpc) is 2.62. The average molecular weight is 395 g/mol. The number of hydrogen-bond acceptors (Lipinski definition) is 5. The molecule has 2 aromatic carbocycles. The highest BCUT2D eigenvalue weighted by Crippen LogP contribution is 2.12. The summed E-state index contributed by atoms with van der Waals surface area (Å²) in [5.74, 6) is 0. The van der Waals surface area contributed by atoms with Crippen LogP contribution in [0.15, 0.2) is 60.7 Å². The van der Waals surface area contributed by atoms with Gasteiger partial charge in [0.25, 0.3) is 10.1 Å². The summed E-state index contributed by atoms with van der Waals surface area (Å²) in [6.45, 7) is 1.30. The van der Waals surface area contributed by atoms with Gasteiger partial charge in [-0.15, -0.1) is 0 Å². The smallest absolute Gasteiger partial charge is 0.264 e. The minimum atomic E-state index is -3.49. The molecule has 2 aromatic rings. The van der Waals surface area contributed by atoms with Gasteiger partial charge in [0.05, 0.1) is 26.1 Å². The lowest BCUT2D eigenvalue weighted by molar-refractivity contribution is 0.0446. The Morgan fingerprint density at radius 1 is 0.926 bits per heavy atom. The van der Waals surface area contributed by atoms with E-state index in [1.165, 1.54) is 0 Å². The zero-order chi connectivity index (χ0) is 19.5. The molecule has 0 bridgehead atoms. The van der Waals surface area contributed by atoms with Crippen molar-refractivity contribution < 1.29 is 21.7 Å². The van der Waals surface area contributed by atoms with Gasteiger partial charge in [-0.25, -0.2) is 4.39 Å². The van der Waals surface area contributed by atoms with E-state index >= 15 is 0 Å². The van der Waals surface area contributed by atoms with E-state index in [4.69, 9.17) is 4.74 Å². The van der Waals surface area contributed by atoms with E-state index in [-0.39, 0.29) is 26.4 Å². The first-order valence-corrected chi connectivity index (χ1v) is 10.6. The third kappa shape index (κ3) is 9.63. The van der Waals surface area contributed by atoms with Gasteiger partial charge in [0.2, 0.25) is 0 Å². The fourth-order valence-corrected chi connectivity index (χ4v) is 3.03. The molecule has 0 amide bonds. The molecule has 1 unspecified atom stereocenters. The number of nitrogens with zero attached hydrogens (tertiary/aromatic N) is 1. The Morgan fingerprint density at radius 3 is 1.93 bits per heavy atom. The van der Waals surface area contributed by atoms with Crippen molar-refractivity contribution in [2.75, 3.05) is 32.6 Å². The van der Waals surface area contributed by atoms with Gasteiger partial charge in [0.1, 0.15) is 6.17 Å². The molecule has 0 aliphatic heterocycles. The molecular weight excluding hydrogens is 369 g/mol. The molecule has 0 aliphatic carbocycles. The largest absolute Gasteiger partial charge is 0.376 e. The second-order valence-electron chi connectivity index (χ2n) is 6.34. The fraction of sp³-hybridized carbons (Fsp3) is 0.400. The van der Waals surface area contributed by atoms with Crippen molar-refractivity contribution in [2.45, 2.75) is 19.3 Å². The Labute approximate surface area is 160 Å². The molecule has 148 valence electrons. The first-order valence-electron chi connectivity index (χ1n) is 8.79. The van der Waals surface area contributed by atoms with Crippen LogP contribution in [-0.4, -0.2) is 52.1 Å². The summed E-state index contributed by atoms with van der Waals surface area (Å²) in [6.07, 6.45) is -0.216. The molecule has 0 heterocycles. The third-order valence-corrected chi connectivity index (χ3v) is 4.37. The van der Waals surface area contributed by atoms with E-state index in [2.05, 4.69) is 4.18 Å². The van der Waals surface area contributed by atoms with Gasteiger partial charge in [0.15, 0.2) is 0 Å². The van der Waals surface area contributed by atoms with Crippen molar-refractivity contribution in [1.82, 2.24) is 4.90 Å². The number of benzene rings is 2. The van der Waals surface area contributed by atoms with Crippen LogP contribution in [0.2, 0.25) is 0 Å². The number of ether oxygens (including phenoxy) is 1. The van der Waals surface area contributed by atoms with Crippen LogP contribution in [0.4, 0.5) is 4.39 Å². The maximum absolute atomic E-state index is 14.4. The predicted molar refractivity (Wildman–Crippen MR) is 104 cm³/mol. The summed E-state index contributed by atoms with van der Waals surface area (Å²) < 4.78 is 45.9. The molecule has 7 heteroatoms. The Bertz CT molecular complexity index is 715. The quantitative estimate of drug-likeness (QED) is 0.408. The zero-order valence-corrected chi connectivity index (χ0v) is 16.3. The molecule has 2 rings (SSSR count). The molecule has 0 fully saturated rings. The minimum Gasteiger partial charge on any atom is -0.376 e. The first-order chi connectivity index (χ1) is 12.9. The van der Waals surface area contributed by atoms with Crippen LogP contribution in [0, 0.1) is 0 Å². The van der Waals surface area contributed by atoms with Crippen LogP contribution in [-0.2, 0) is 32.1 Å². The standard InChI is InChI=1S/C20H26FNO4S/c1-27(23,24)26-13-12-25-17-20(21)16-22(14-18-8-4-2-5-9-18)15-19-10-6-3-7-11-19/h2-11,20H,12-17H2,1H3. The fourth-order valence-electron chi connectivity index (χ4n) is 2.66. The highest BCUT2D eigenvalue weighted by Gasteiger charge is 2.15. The highest BCUT2D eigenvalue weighted by molar-refractivity contribution is 7.85. The van der Waals surface area contributed by atoms with Crippen molar-refractivity contribution in [3.8, 4) is 0 Å². The molecule has 5 nitrogen and oxygen atoms in total. The zero-order valence-electron chi connectivity index (χ0n) is 15.5. The van der Waals surface area contributed by atoms with Crippen LogP contribution < -0.4 is 0 Å². The summed E-state index contributed by atoms with van der Waals surface area (Å²) in [7, 11) is -3.49. The van der Waals surface area contributed by atoms with Crippen molar-refractivity contribution in [1.29, 1.82) is 0 Å². The normalized spacial score (nSPS) is 13.0. The Balaban J connectivity index is 1.84. The van der Waals surface area contributed by atoms with Crippen LogP contribution in [0.25, 0.3) is 0 Å². The van der Waals surface area contributed by atoms with E-state index in [0.29, 0.717) is 13.1 Å². The number of hydrogen-bond donors (Lipinski definition) is 0. The van der Waals surface area contributed by atoms with Gasteiger partial charge in [0, 0.05) is 19.6 Å². The van der Waals surface area contributed by atoms with E-state index in [1.807, 2.05) is 65.6 Å². The van der Waals surface area contributed by atoms with Crippen LogP contribution >= 0.6 is 0 Å². The molecule has 0 N–H and O–H groups in total. The van der Waals surface area contributed by atoms with Crippen LogP contribution in [0.3, 0.4) is 0 Å². The van der Waals surface area contributed by atoms with Crippen molar-refractivity contribution in [3.05, 3.63) is 71.8 Å². The molecule has 27 heavy (non-hydrogen) atoms. The molecular formula is C20H26FNO4S. The molecule has 0 radical (unpaired) electrons. The SMILES string of the molecule is CS(=O)(=O)OCCOCC(F)CN(Cc1ccccc1)Cc1ccccc1. The van der Waals surface area contributed by atoms with E-state index in [0.717, 1.165) is 17.4 Å². The molecule has 0 saturated carbocycles. The lowest BCUT2D eigenvalue weighted by Crippen LogP contribution is -2.32. The van der Waals surface area contributed by atoms with E-state index < -0.39 is 16.3 Å². The van der Waals surface area contributed by atoms with Crippen molar-refractivity contribution >= 4 is 10.1 Å². The van der Waals surface area contributed by atoms with Crippen LogP contribution in [0.5, 0.6) is 0 Å². The summed E-state index contributed by atoms with van der Waals surface area (Å²) in [5.41, 5.74) is 2.23. The van der Waals surface area contributed by atoms with Crippen molar-refractivity contribution in [2.24, 2.45) is 0 Å². The maximum atomic E-state index is 14.4. The number of rotatable bonds is 12. The van der Waals surface area contributed by atoms with E-state index in [1.54, 1.807) is 0 Å².